The summed E-state index contributed by atoms with van der Waals surface area (Å²) in [7, 11) is 0. The van der Waals surface area contributed by atoms with Crippen molar-refractivity contribution < 1.29 is 15.0 Å². The molecule has 1 amide bonds. The highest BCUT2D eigenvalue weighted by atomic mass is 16.3. The van der Waals surface area contributed by atoms with Gasteiger partial charge in [0.1, 0.15) is 0 Å². The van der Waals surface area contributed by atoms with Gasteiger partial charge in [-0.25, -0.2) is 0 Å². The van der Waals surface area contributed by atoms with Crippen LogP contribution in [0.5, 0.6) is 0 Å². The average Bonchev–Trinajstić information content (AvgIpc) is 2.90. The Morgan fingerprint density at radius 2 is 1.05 bits per heavy atom. The van der Waals surface area contributed by atoms with Gasteiger partial charge in [-0.15, -0.1) is 0 Å². The molecule has 0 radical (unpaired) electrons. The summed E-state index contributed by atoms with van der Waals surface area (Å²) in [5.74, 6) is -0.0793. The Labute approximate surface area is 230 Å². The van der Waals surface area contributed by atoms with E-state index in [-0.39, 0.29) is 12.5 Å². The average molecular weight is 522 g/mol. The zero-order valence-corrected chi connectivity index (χ0v) is 24.7. The van der Waals surface area contributed by atoms with Crippen LogP contribution in [0.25, 0.3) is 0 Å². The van der Waals surface area contributed by atoms with Gasteiger partial charge >= 0.3 is 0 Å². The summed E-state index contributed by atoms with van der Waals surface area (Å²) in [6.45, 7) is 4.25. The van der Waals surface area contributed by atoms with Crippen LogP contribution in [0.4, 0.5) is 0 Å². The molecule has 0 aliphatic rings. The molecule has 0 aromatic carbocycles. The highest BCUT2D eigenvalue weighted by molar-refractivity contribution is 5.76. The van der Waals surface area contributed by atoms with Crippen LogP contribution < -0.4 is 5.32 Å². The molecule has 37 heavy (non-hydrogen) atoms. The van der Waals surface area contributed by atoms with Crippen molar-refractivity contribution in [1.29, 1.82) is 0 Å². The summed E-state index contributed by atoms with van der Waals surface area (Å²) in [4.78, 5) is 12.2. The van der Waals surface area contributed by atoms with Crippen molar-refractivity contribution in [3.8, 4) is 0 Å². The Kier molecular flexibility index (Phi) is 28.5. The van der Waals surface area contributed by atoms with Crippen molar-refractivity contribution in [3.63, 3.8) is 0 Å². The maximum Gasteiger partial charge on any atom is 0.220 e. The quantitative estimate of drug-likeness (QED) is 0.0711. The summed E-state index contributed by atoms with van der Waals surface area (Å²) in [5.41, 5.74) is 0. The first-order valence-electron chi connectivity index (χ1n) is 16.1. The van der Waals surface area contributed by atoms with E-state index in [9.17, 15) is 15.0 Å². The van der Waals surface area contributed by atoms with Crippen molar-refractivity contribution in [2.75, 3.05) is 6.61 Å². The van der Waals surface area contributed by atoms with Crippen LogP contribution >= 0.6 is 0 Å². The third kappa shape index (κ3) is 26.3. The van der Waals surface area contributed by atoms with Gasteiger partial charge < -0.3 is 15.5 Å². The zero-order chi connectivity index (χ0) is 27.2. The number of unbranched alkanes of at least 4 members (excludes halogenated alkanes) is 19. The third-order valence-corrected chi connectivity index (χ3v) is 7.19. The van der Waals surface area contributed by atoms with Crippen molar-refractivity contribution in [3.05, 3.63) is 24.3 Å². The number of allylic oxidation sites excluding steroid dienone is 3. The van der Waals surface area contributed by atoms with Gasteiger partial charge in [0.2, 0.25) is 5.91 Å². The SMILES string of the molecule is CCCCCCCCCCCC/C=C/CC/C=C/[C@@H](O)[C@H](CO)NC(=O)CCCCCCCCCCC. The normalized spacial score (nSPS) is 13.5. The minimum atomic E-state index is -0.854. The van der Waals surface area contributed by atoms with E-state index in [0.717, 1.165) is 32.1 Å². The molecule has 0 unspecified atom stereocenters. The number of hydrogen-bond donors (Lipinski definition) is 3. The summed E-state index contributed by atoms with van der Waals surface area (Å²) in [6, 6.07) is -0.630. The summed E-state index contributed by atoms with van der Waals surface area (Å²) >= 11 is 0. The maximum atomic E-state index is 12.2. The molecule has 0 aromatic rings. The van der Waals surface area contributed by atoms with Crippen LogP contribution in [0.15, 0.2) is 24.3 Å². The van der Waals surface area contributed by atoms with Crippen LogP contribution in [-0.4, -0.2) is 34.9 Å². The largest absolute Gasteiger partial charge is 0.394 e. The number of aliphatic hydroxyl groups excluding tert-OH is 2. The molecule has 0 heterocycles. The van der Waals surface area contributed by atoms with Gasteiger partial charge in [-0.1, -0.05) is 147 Å². The molecule has 3 N–H and O–H groups in total. The molecule has 4 heteroatoms. The van der Waals surface area contributed by atoms with Crippen LogP contribution in [0.3, 0.4) is 0 Å². The number of carbonyl (C=O) groups excluding carboxylic acids is 1. The lowest BCUT2D eigenvalue weighted by atomic mass is 10.1. The molecule has 2 atom stereocenters. The maximum absolute atomic E-state index is 12.2. The van der Waals surface area contributed by atoms with E-state index in [2.05, 4.69) is 31.3 Å². The molecular formula is C33H63NO3. The fourth-order valence-corrected chi connectivity index (χ4v) is 4.66. The van der Waals surface area contributed by atoms with Gasteiger partial charge in [0.25, 0.3) is 0 Å². The van der Waals surface area contributed by atoms with Crippen LogP contribution in [0.1, 0.15) is 162 Å². The highest BCUT2D eigenvalue weighted by Crippen LogP contribution is 2.12. The summed E-state index contributed by atoms with van der Waals surface area (Å²) < 4.78 is 0. The van der Waals surface area contributed by atoms with E-state index in [1.54, 1.807) is 6.08 Å². The third-order valence-electron chi connectivity index (χ3n) is 7.19. The fraction of sp³-hybridized carbons (Fsp3) is 0.848. The van der Waals surface area contributed by atoms with E-state index in [1.807, 2.05) is 6.08 Å². The Hall–Kier alpha value is -1.13. The molecule has 0 bridgehead atoms. The molecule has 0 aromatic heterocycles. The standard InChI is InChI=1S/C33H63NO3/c1-3-5-7-9-11-13-14-15-16-17-18-19-21-22-24-26-28-32(36)31(30-35)34-33(37)29-27-25-23-20-12-10-8-6-4-2/h19,21,26,28,31-32,35-36H,3-18,20,22-25,27,29-30H2,1-2H3,(H,34,37)/b21-19+,28-26+/t31-,32+/m0/s1. The topological polar surface area (TPSA) is 69.6 Å². The van der Waals surface area contributed by atoms with Gasteiger partial charge in [-0.05, 0) is 32.1 Å². The lowest BCUT2D eigenvalue weighted by Gasteiger charge is -2.19. The van der Waals surface area contributed by atoms with E-state index in [4.69, 9.17) is 0 Å². The van der Waals surface area contributed by atoms with E-state index in [1.165, 1.54) is 109 Å². The van der Waals surface area contributed by atoms with Crippen molar-refractivity contribution >= 4 is 5.91 Å². The van der Waals surface area contributed by atoms with Gasteiger partial charge in [0.15, 0.2) is 0 Å². The van der Waals surface area contributed by atoms with Crippen molar-refractivity contribution in [2.45, 2.75) is 174 Å². The number of nitrogens with one attached hydrogen (secondary N) is 1. The lowest BCUT2D eigenvalue weighted by molar-refractivity contribution is -0.123. The monoisotopic (exact) mass is 521 g/mol. The molecule has 0 saturated heterocycles. The van der Waals surface area contributed by atoms with Crippen molar-refractivity contribution in [2.24, 2.45) is 0 Å². The van der Waals surface area contributed by atoms with Crippen LogP contribution in [-0.2, 0) is 4.79 Å². The predicted octanol–water partition coefficient (Wildman–Crippen LogP) is 8.95. The first-order valence-corrected chi connectivity index (χ1v) is 16.1. The Morgan fingerprint density at radius 1 is 0.622 bits per heavy atom. The van der Waals surface area contributed by atoms with Gasteiger partial charge in [-0.2, -0.15) is 0 Å². The minimum Gasteiger partial charge on any atom is -0.394 e. The second-order valence-electron chi connectivity index (χ2n) is 10.9. The van der Waals surface area contributed by atoms with Crippen LogP contribution in [0, 0.1) is 0 Å². The molecule has 0 aliphatic heterocycles. The molecule has 0 rings (SSSR count). The smallest absolute Gasteiger partial charge is 0.220 e. The molecule has 0 fully saturated rings. The Balaban J connectivity index is 3.71. The number of amides is 1. The zero-order valence-electron chi connectivity index (χ0n) is 24.7. The van der Waals surface area contributed by atoms with Gasteiger partial charge in [0, 0.05) is 6.42 Å². The lowest BCUT2D eigenvalue weighted by Crippen LogP contribution is -2.45. The first-order chi connectivity index (χ1) is 18.2. The second-order valence-corrected chi connectivity index (χ2v) is 10.9. The molecule has 218 valence electrons. The summed E-state index contributed by atoms with van der Waals surface area (Å²) in [6.07, 6.45) is 35.4. The van der Waals surface area contributed by atoms with E-state index in [0.29, 0.717) is 6.42 Å². The van der Waals surface area contributed by atoms with Crippen molar-refractivity contribution in [1.82, 2.24) is 5.32 Å². The number of hydrogen-bond acceptors (Lipinski definition) is 3. The molecule has 0 spiro atoms. The summed E-state index contributed by atoms with van der Waals surface area (Å²) in [5, 5.41) is 22.7. The molecular weight excluding hydrogens is 458 g/mol. The number of carbonyl (C=O) groups is 1. The van der Waals surface area contributed by atoms with Crippen LogP contribution in [0.2, 0.25) is 0 Å². The minimum absolute atomic E-state index is 0.0793. The molecule has 4 nitrogen and oxygen atoms in total. The molecule has 0 aliphatic carbocycles. The van der Waals surface area contributed by atoms with Gasteiger partial charge in [0.05, 0.1) is 18.8 Å². The number of rotatable bonds is 28. The second kappa shape index (κ2) is 29.4. The Morgan fingerprint density at radius 3 is 1.57 bits per heavy atom. The van der Waals surface area contributed by atoms with E-state index < -0.39 is 12.1 Å². The molecule has 0 saturated carbocycles. The Bertz CT molecular complexity index is 532. The highest BCUT2D eigenvalue weighted by Gasteiger charge is 2.17. The predicted molar refractivity (Wildman–Crippen MR) is 161 cm³/mol. The van der Waals surface area contributed by atoms with Gasteiger partial charge in [-0.3, -0.25) is 4.79 Å². The first kappa shape index (κ1) is 35.9. The number of aliphatic hydroxyl groups is 2. The fourth-order valence-electron chi connectivity index (χ4n) is 4.66. The van der Waals surface area contributed by atoms with E-state index >= 15 is 0 Å².